The molecule has 6 aromatic rings. The first-order valence-electron chi connectivity index (χ1n) is 11.5. The van der Waals surface area contributed by atoms with Crippen molar-refractivity contribution in [3.05, 3.63) is 134 Å². The van der Waals surface area contributed by atoms with Gasteiger partial charge in [0, 0.05) is 27.5 Å². The Bertz CT molecular complexity index is 1470. The molecule has 0 aliphatic rings. The summed E-state index contributed by atoms with van der Waals surface area (Å²) in [5, 5.41) is 0. The van der Waals surface area contributed by atoms with E-state index in [4.69, 9.17) is 4.42 Å². The molecule has 0 radical (unpaired) electrons. The van der Waals surface area contributed by atoms with Gasteiger partial charge in [0.25, 0.3) is 0 Å². The fourth-order valence-corrected chi connectivity index (χ4v) is 5.39. The Kier molecular flexibility index (Phi) is 5.71. The second-order valence-corrected chi connectivity index (χ2v) is 9.19. The van der Waals surface area contributed by atoms with Crippen molar-refractivity contribution in [2.24, 2.45) is 0 Å². The van der Waals surface area contributed by atoms with Crippen molar-refractivity contribution < 1.29 is 4.42 Å². The van der Waals surface area contributed by atoms with Crippen LogP contribution in [0.25, 0.3) is 32.2 Å². The molecule has 6 rings (SSSR count). The van der Waals surface area contributed by atoms with Crippen molar-refractivity contribution in [1.82, 2.24) is 4.98 Å². The van der Waals surface area contributed by atoms with Crippen LogP contribution in [0.1, 0.15) is 0 Å². The van der Waals surface area contributed by atoms with Gasteiger partial charge in [-0.1, -0.05) is 78.9 Å². The molecule has 0 spiro atoms. The van der Waals surface area contributed by atoms with Gasteiger partial charge in [-0.3, -0.25) is 0 Å². The third-order valence-corrected chi connectivity index (χ3v) is 7.11. The minimum Gasteiger partial charge on any atom is -0.443 e. The zero-order valence-corrected chi connectivity index (χ0v) is 19.7. The van der Waals surface area contributed by atoms with Crippen LogP contribution in [0.4, 0.5) is 17.1 Å². The predicted octanol–water partition coefficient (Wildman–Crippen LogP) is 9.21. The molecule has 35 heavy (non-hydrogen) atoms. The Morgan fingerprint density at radius 3 is 1.74 bits per heavy atom. The van der Waals surface area contributed by atoms with Gasteiger partial charge in [-0.05, 0) is 53.6 Å². The average molecular weight is 471 g/mol. The molecule has 0 bridgehead atoms. The SMILES string of the molecule is c1ccc(-c2cc(-c3ccc(N(c4ccccc4)c4ccccc4)cc3)sc2-c2cnco2)cc1. The van der Waals surface area contributed by atoms with E-state index in [2.05, 4.69) is 113 Å². The number of benzene rings is 4. The van der Waals surface area contributed by atoms with Crippen molar-refractivity contribution in [3.8, 4) is 32.2 Å². The molecule has 4 aromatic carbocycles. The molecule has 0 aliphatic heterocycles. The van der Waals surface area contributed by atoms with Crippen LogP contribution in [0.5, 0.6) is 0 Å². The highest BCUT2D eigenvalue weighted by atomic mass is 32.1. The summed E-state index contributed by atoms with van der Waals surface area (Å²) in [5.74, 6) is 0.788. The zero-order chi connectivity index (χ0) is 23.5. The zero-order valence-electron chi connectivity index (χ0n) is 18.9. The van der Waals surface area contributed by atoms with E-state index in [9.17, 15) is 0 Å². The molecule has 0 fully saturated rings. The molecule has 0 N–H and O–H groups in total. The van der Waals surface area contributed by atoms with E-state index in [-0.39, 0.29) is 0 Å². The number of para-hydroxylation sites is 2. The first kappa shape index (κ1) is 21.1. The van der Waals surface area contributed by atoms with Crippen molar-refractivity contribution in [3.63, 3.8) is 0 Å². The molecule has 4 heteroatoms. The van der Waals surface area contributed by atoms with E-state index >= 15 is 0 Å². The van der Waals surface area contributed by atoms with Crippen molar-refractivity contribution in [1.29, 1.82) is 0 Å². The van der Waals surface area contributed by atoms with E-state index in [1.807, 2.05) is 18.2 Å². The predicted molar refractivity (Wildman–Crippen MR) is 145 cm³/mol. The van der Waals surface area contributed by atoms with Crippen LogP contribution < -0.4 is 4.90 Å². The maximum Gasteiger partial charge on any atom is 0.181 e. The Morgan fingerprint density at radius 1 is 0.600 bits per heavy atom. The first-order chi connectivity index (χ1) is 17.4. The second kappa shape index (κ2) is 9.45. The molecular formula is C31H22N2OS. The molecule has 0 saturated heterocycles. The third-order valence-electron chi connectivity index (χ3n) is 5.91. The van der Waals surface area contributed by atoms with Crippen LogP contribution in [0.15, 0.2) is 138 Å². The summed E-state index contributed by atoms with van der Waals surface area (Å²) in [4.78, 5) is 8.68. The Labute approximate surface area is 208 Å². The molecule has 168 valence electrons. The van der Waals surface area contributed by atoms with Crippen LogP contribution in [0.3, 0.4) is 0 Å². The third kappa shape index (κ3) is 4.27. The van der Waals surface area contributed by atoms with Crippen LogP contribution in [0, 0.1) is 0 Å². The van der Waals surface area contributed by atoms with Crippen molar-refractivity contribution in [2.45, 2.75) is 0 Å². The number of hydrogen-bond acceptors (Lipinski definition) is 4. The van der Waals surface area contributed by atoms with Gasteiger partial charge >= 0.3 is 0 Å². The van der Waals surface area contributed by atoms with Gasteiger partial charge < -0.3 is 9.32 Å². The summed E-state index contributed by atoms with van der Waals surface area (Å²) in [5.41, 5.74) is 6.85. The maximum atomic E-state index is 5.67. The second-order valence-electron chi connectivity index (χ2n) is 8.14. The lowest BCUT2D eigenvalue weighted by Gasteiger charge is -2.25. The standard InChI is InChI=1S/C31H22N2OS/c1-4-10-23(11-5-1)28-20-30(35-31(28)29-21-32-22-34-29)24-16-18-27(19-17-24)33(25-12-6-2-7-13-25)26-14-8-3-9-15-26/h1-22H. The number of rotatable bonds is 6. The van der Waals surface area contributed by atoms with Crippen molar-refractivity contribution in [2.75, 3.05) is 4.90 Å². The number of thiophene rings is 1. The van der Waals surface area contributed by atoms with Gasteiger partial charge in [0.1, 0.15) is 0 Å². The molecule has 0 saturated carbocycles. The molecule has 2 aromatic heterocycles. The molecule has 3 nitrogen and oxygen atoms in total. The molecular weight excluding hydrogens is 448 g/mol. The fraction of sp³-hybridized carbons (Fsp3) is 0. The summed E-state index contributed by atoms with van der Waals surface area (Å²) in [6.45, 7) is 0. The monoisotopic (exact) mass is 470 g/mol. The van der Waals surface area contributed by atoms with Gasteiger partial charge in [-0.2, -0.15) is 0 Å². The van der Waals surface area contributed by atoms with E-state index < -0.39 is 0 Å². The lowest BCUT2D eigenvalue weighted by Crippen LogP contribution is -2.09. The van der Waals surface area contributed by atoms with Gasteiger partial charge in [-0.25, -0.2) is 4.98 Å². The Morgan fingerprint density at radius 2 is 1.17 bits per heavy atom. The smallest absolute Gasteiger partial charge is 0.181 e. The number of aromatic nitrogens is 1. The Balaban J connectivity index is 1.40. The number of hydrogen-bond donors (Lipinski definition) is 0. The van der Waals surface area contributed by atoms with Gasteiger partial charge in [-0.15, -0.1) is 11.3 Å². The lowest BCUT2D eigenvalue weighted by molar-refractivity contribution is 0.573. The highest BCUT2D eigenvalue weighted by Gasteiger charge is 2.17. The van der Waals surface area contributed by atoms with Crippen LogP contribution >= 0.6 is 11.3 Å². The minimum atomic E-state index is 0.788. The summed E-state index contributed by atoms with van der Waals surface area (Å²) in [6, 6.07) is 42.3. The number of oxazole rings is 1. The van der Waals surface area contributed by atoms with Crippen LogP contribution in [0.2, 0.25) is 0 Å². The van der Waals surface area contributed by atoms with E-state index in [0.717, 1.165) is 38.8 Å². The van der Waals surface area contributed by atoms with Crippen LogP contribution in [-0.4, -0.2) is 4.98 Å². The van der Waals surface area contributed by atoms with E-state index in [1.54, 1.807) is 17.5 Å². The van der Waals surface area contributed by atoms with Crippen molar-refractivity contribution >= 4 is 28.4 Å². The van der Waals surface area contributed by atoms with Crippen LogP contribution in [-0.2, 0) is 0 Å². The van der Waals surface area contributed by atoms with E-state index in [0.29, 0.717) is 0 Å². The molecule has 0 aliphatic carbocycles. The summed E-state index contributed by atoms with van der Waals surface area (Å²) < 4.78 is 5.67. The largest absolute Gasteiger partial charge is 0.443 e. The fourth-order valence-electron chi connectivity index (χ4n) is 4.25. The minimum absolute atomic E-state index is 0.788. The molecule has 0 unspecified atom stereocenters. The highest BCUT2D eigenvalue weighted by Crippen LogP contribution is 2.44. The maximum absolute atomic E-state index is 5.67. The average Bonchev–Trinajstić information content (AvgIpc) is 3.62. The van der Waals surface area contributed by atoms with Gasteiger partial charge in [0.05, 0.1) is 11.1 Å². The number of nitrogens with zero attached hydrogens (tertiary/aromatic N) is 2. The van der Waals surface area contributed by atoms with E-state index in [1.165, 1.54) is 16.8 Å². The number of anilines is 3. The summed E-state index contributed by atoms with van der Waals surface area (Å²) in [6.07, 6.45) is 3.27. The first-order valence-corrected chi connectivity index (χ1v) is 12.3. The molecule has 0 atom stereocenters. The highest BCUT2D eigenvalue weighted by molar-refractivity contribution is 7.19. The summed E-state index contributed by atoms with van der Waals surface area (Å²) >= 11 is 1.72. The molecule has 2 heterocycles. The quantitative estimate of drug-likeness (QED) is 0.243. The van der Waals surface area contributed by atoms with Gasteiger partial charge in [0.15, 0.2) is 12.2 Å². The normalized spacial score (nSPS) is 10.9. The topological polar surface area (TPSA) is 29.3 Å². The lowest BCUT2D eigenvalue weighted by atomic mass is 10.0. The molecule has 0 amide bonds. The summed E-state index contributed by atoms with van der Waals surface area (Å²) in [7, 11) is 0. The Hall–Kier alpha value is -4.41. The van der Waals surface area contributed by atoms with Gasteiger partial charge in [0.2, 0.25) is 0 Å².